The molecule has 0 unspecified atom stereocenters. The van der Waals surface area contributed by atoms with Gasteiger partial charge in [0.2, 0.25) is 11.8 Å². The standard InChI is InChI=1S/C18H22F3N5O2.ClH/c1-10(2)16(22)17(28)23-9-15(27)24-14-7-11(3)25-26(14)13-6-4-5-12(8-13)18(19,20)21;/h4-8,10,16H,9,22H2,1-3H3,(H,23,28)(H,24,27);1H/t16-;/m0./s1. The minimum absolute atomic E-state index is 0. The van der Waals surface area contributed by atoms with Crippen LogP contribution in [-0.2, 0) is 15.8 Å². The summed E-state index contributed by atoms with van der Waals surface area (Å²) in [7, 11) is 0. The summed E-state index contributed by atoms with van der Waals surface area (Å²) in [6.45, 7) is 4.87. The van der Waals surface area contributed by atoms with E-state index in [-0.39, 0.29) is 36.4 Å². The van der Waals surface area contributed by atoms with E-state index in [1.165, 1.54) is 22.9 Å². The predicted molar refractivity (Wildman–Crippen MR) is 105 cm³/mol. The molecule has 1 aromatic heterocycles. The van der Waals surface area contributed by atoms with Crippen molar-refractivity contribution < 1.29 is 22.8 Å². The van der Waals surface area contributed by atoms with Crippen molar-refractivity contribution in [3.05, 3.63) is 41.6 Å². The van der Waals surface area contributed by atoms with Crippen molar-refractivity contribution in [2.45, 2.75) is 33.0 Å². The number of carbonyl (C=O) groups excluding carboxylic acids is 2. The van der Waals surface area contributed by atoms with E-state index in [9.17, 15) is 22.8 Å². The van der Waals surface area contributed by atoms with Gasteiger partial charge >= 0.3 is 6.18 Å². The third-order valence-corrected chi connectivity index (χ3v) is 3.96. The first kappa shape index (κ1) is 24.4. The second-order valence-electron chi connectivity index (χ2n) is 6.67. The Hall–Kier alpha value is -2.59. The van der Waals surface area contributed by atoms with Gasteiger partial charge in [0.25, 0.3) is 0 Å². The number of amides is 2. The van der Waals surface area contributed by atoms with Crippen LogP contribution in [0, 0.1) is 12.8 Å². The maximum Gasteiger partial charge on any atom is 0.416 e. The number of nitrogens with one attached hydrogen (secondary N) is 2. The number of halogens is 4. The minimum atomic E-state index is -4.50. The van der Waals surface area contributed by atoms with Crippen molar-refractivity contribution in [1.82, 2.24) is 15.1 Å². The maximum absolute atomic E-state index is 12.9. The van der Waals surface area contributed by atoms with Crippen LogP contribution in [0.15, 0.2) is 30.3 Å². The highest BCUT2D eigenvalue weighted by molar-refractivity contribution is 5.95. The Bertz CT molecular complexity index is 867. The molecule has 0 aliphatic heterocycles. The van der Waals surface area contributed by atoms with Crippen LogP contribution in [0.4, 0.5) is 19.0 Å². The van der Waals surface area contributed by atoms with Crippen LogP contribution in [-0.4, -0.2) is 34.2 Å². The maximum atomic E-state index is 12.9. The number of alkyl halides is 3. The second-order valence-corrected chi connectivity index (χ2v) is 6.67. The fourth-order valence-electron chi connectivity index (χ4n) is 2.37. The summed E-state index contributed by atoms with van der Waals surface area (Å²) in [6.07, 6.45) is -4.50. The van der Waals surface area contributed by atoms with Crippen molar-refractivity contribution in [2.75, 3.05) is 11.9 Å². The van der Waals surface area contributed by atoms with Gasteiger partial charge < -0.3 is 16.4 Å². The number of hydrogen-bond acceptors (Lipinski definition) is 4. The molecule has 29 heavy (non-hydrogen) atoms. The smallest absolute Gasteiger partial charge is 0.346 e. The summed E-state index contributed by atoms with van der Waals surface area (Å²) in [5, 5.41) is 9.09. The molecule has 0 aliphatic rings. The Balaban J connectivity index is 0.00000420. The molecule has 11 heteroatoms. The van der Waals surface area contributed by atoms with E-state index in [1.807, 2.05) is 0 Å². The largest absolute Gasteiger partial charge is 0.416 e. The summed E-state index contributed by atoms with van der Waals surface area (Å²) in [5.41, 5.74) is 5.51. The van der Waals surface area contributed by atoms with Crippen molar-refractivity contribution >= 4 is 30.0 Å². The quantitative estimate of drug-likeness (QED) is 0.651. The van der Waals surface area contributed by atoms with Crippen LogP contribution in [0.5, 0.6) is 0 Å². The van der Waals surface area contributed by atoms with Gasteiger partial charge in [0, 0.05) is 6.07 Å². The molecular weight excluding hydrogens is 411 g/mol. The lowest BCUT2D eigenvalue weighted by Crippen LogP contribution is -2.46. The predicted octanol–water partition coefficient (Wildman–Crippen LogP) is 2.66. The number of carbonyl (C=O) groups is 2. The Morgan fingerprint density at radius 2 is 1.90 bits per heavy atom. The van der Waals surface area contributed by atoms with Gasteiger partial charge in [-0.3, -0.25) is 9.59 Å². The van der Waals surface area contributed by atoms with Gasteiger partial charge in [-0.1, -0.05) is 19.9 Å². The molecule has 2 rings (SSSR count). The van der Waals surface area contributed by atoms with E-state index >= 15 is 0 Å². The zero-order valence-electron chi connectivity index (χ0n) is 16.1. The van der Waals surface area contributed by atoms with Crippen molar-refractivity contribution in [3.8, 4) is 5.69 Å². The number of aryl methyl sites for hydroxylation is 1. The average molecular weight is 434 g/mol. The number of benzene rings is 1. The van der Waals surface area contributed by atoms with E-state index < -0.39 is 29.6 Å². The van der Waals surface area contributed by atoms with E-state index in [0.29, 0.717) is 5.69 Å². The van der Waals surface area contributed by atoms with Gasteiger partial charge in [0.1, 0.15) is 5.82 Å². The minimum Gasteiger partial charge on any atom is -0.346 e. The summed E-state index contributed by atoms with van der Waals surface area (Å²) < 4.78 is 40.0. The normalized spacial score (nSPS) is 12.3. The lowest BCUT2D eigenvalue weighted by Gasteiger charge is -2.15. The molecule has 160 valence electrons. The zero-order chi connectivity index (χ0) is 21.1. The van der Waals surface area contributed by atoms with Crippen molar-refractivity contribution in [2.24, 2.45) is 11.7 Å². The van der Waals surface area contributed by atoms with Crippen molar-refractivity contribution in [3.63, 3.8) is 0 Å². The summed E-state index contributed by atoms with van der Waals surface area (Å²) in [5.74, 6) is -0.928. The zero-order valence-corrected chi connectivity index (χ0v) is 16.9. The first-order valence-corrected chi connectivity index (χ1v) is 8.56. The van der Waals surface area contributed by atoms with Gasteiger partial charge in [-0.2, -0.15) is 18.3 Å². The Morgan fingerprint density at radius 1 is 1.24 bits per heavy atom. The SMILES string of the molecule is Cc1cc(NC(=O)CNC(=O)[C@@H](N)C(C)C)n(-c2cccc(C(F)(F)F)c2)n1.Cl. The first-order chi connectivity index (χ1) is 13.0. The molecule has 0 saturated carbocycles. The van der Waals surface area contributed by atoms with Crippen LogP contribution < -0.4 is 16.4 Å². The lowest BCUT2D eigenvalue weighted by molar-refractivity contribution is -0.137. The number of nitrogens with zero attached hydrogens (tertiary/aromatic N) is 2. The van der Waals surface area contributed by atoms with Crippen LogP contribution in [0.25, 0.3) is 5.69 Å². The number of anilines is 1. The fraction of sp³-hybridized carbons (Fsp3) is 0.389. The molecule has 2 aromatic rings. The van der Waals surface area contributed by atoms with Gasteiger partial charge in [-0.15, -0.1) is 12.4 Å². The topological polar surface area (TPSA) is 102 Å². The Labute approximate surface area is 172 Å². The molecule has 0 spiro atoms. The first-order valence-electron chi connectivity index (χ1n) is 8.56. The molecule has 7 nitrogen and oxygen atoms in total. The molecule has 0 saturated heterocycles. The van der Waals surface area contributed by atoms with Gasteiger partial charge in [-0.05, 0) is 31.0 Å². The summed E-state index contributed by atoms with van der Waals surface area (Å²) in [6, 6.07) is 5.36. The number of hydrogen-bond donors (Lipinski definition) is 3. The molecule has 0 fully saturated rings. The molecule has 1 aromatic carbocycles. The van der Waals surface area contributed by atoms with Crippen LogP contribution >= 0.6 is 12.4 Å². The highest BCUT2D eigenvalue weighted by atomic mass is 35.5. The number of aromatic nitrogens is 2. The van der Waals surface area contributed by atoms with Gasteiger partial charge in [0.05, 0.1) is 29.5 Å². The van der Waals surface area contributed by atoms with Gasteiger partial charge in [0.15, 0.2) is 0 Å². The molecule has 0 bridgehead atoms. The van der Waals surface area contributed by atoms with Gasteiger partial charge in [-0.25, -0.2) is 4.68 Å². The van der Waals surface area contributed by atoms with Crippen LogP contribution in [0.3, 0.4) is 0 Å². The van der Waals surface area contributed by atoms with Crippen LogP contribution in [0.1, 0.15) is 25.1 Å². The summed E-state index contributed by atoms with van der Waals surface area (Å²) >= 11 is 0. The van der Waals surface area contributed by atoms with E-state index in [0.717, 1.165) is 12.1 Å². The molecule has 0 radical (unpaired) electrons. The van der Waals surface area contributed by atoms with E-state index in [1.54, 1.807) is 20.8 Å². The lowest BCUT2D eigenvalue weighted by atomic mass is 10.1. The highest BCUT2D eigenvalue weighted by Crippen LogP contribution is 2.30. The number of rotatable bonds is 6. The molecular formula is C18H23ClF3N5O2. The Morgan fingerprint density at radius 3 is 2.48 bits per heavy atom. The molecule has 1 atom stereocenters. The molecule has 4 N–H and O–H groups in total. The monoisotopic (exact) mass is 433 g/mol. The Kier molecular flexibility index (Phi) is 8.22. The third-order valence-electron chi connectivity index (χ3n) is 3.96. The number of nitrogens with two attached hydrogens (primary N) is 1. The van der Waals surface area contributed by atoms with Crippen molar-refractivity contribution in [1.29, 1.82) is 0 Å². The average Bonchev–Trinajstić information content (AvgIpc) is 2.98. The second kappa shape index (κ2) is 9.75. The third kappa shape index (κ3) is 6.47. The van der Waals surface area contributed by atoms with Crippen LogP contribution in [0.2, 0.25) is 0 Å². The molecule has 1 heterocycles. The highest BCUT2D eigenvalue weighted by Gasteiger charge is 2.30. The van der Waals surface area contributed by atoms with E-state index in [4.69, 9.17) is 5.73 Å². The summed E-state index contributed by atoms with van der Waals surface area (Å²) in [4.78, 5) is 24.0. The molecule has 0 aliphatic carbocycles. The van der Waals surface area contributed by atoms with E-state index in [2.05, 4.69) is 15.7 Å². The molecule has 2 amide bonds. The fourth-order valence-corrected chi connectivity index (χ4v) is 2.37.